The Morgan fingerprint density at radius 2 is 1.79 bits per heavy atom. The molecule has 0 saturated heterocycles. The average Bonchev–Trinajstić information content (AvgIpc) is 3.58. The first-order valence-electron chi connectivity index (χ1n) is 13.3. The van der Waals surface area contributed by atoms with Gasteiger partial charge in [-0.05, 0) is 87.1 Å². The van der Waals surface area contributed by atoms with Crippen LogP contribution in [0.1, 0.15) is 67.9 Å². The Hall–Kier alpha value is -3.53. The van der Waals surface area contributed by atoms with Crippen molar-refractivity contribution in [2.45, 2.75) is 65.1 Å². The van der Waals surface area contributed by atoms with Crippen LogP contribution in [0.4, 0.5) is 4.39 Å². The van der Waals surface area contributed by atoms with E-state index in [1.165, 1.54) is 6.07 Å². The number of ketones is 1. The first-order chi connectivity index (χ1) is 18.0. The number of carbonyl (C=O) groups is 3. The lowest BCUT2D eigenvalue weighted by Crippen LogP contribution is -2.39. The summed E-state index contributed by atoms with van der Waals surface area (Å²) in [6.07, 6.45) is 2.76. The zero-order valence-electron chi connectivity index (χ0n) is 22.0. The number of hydrogen-bond acceptors (Lipinski definition) is 6. The molecular formula is C31H32FNO5. The van der Waals surface area contributed by atoms with Gasteiger partial charge in [0.05, 0.1) is 23.5 Å². The predicted molar refractivity (Wildman–Crippen MR) is 137 cm³/mol. The highest BCUT2D eigenvalue weighted by Gasteiger charge is 2.54. The molecule has 5 atom stereocenters. The Balaban J connectivity index is 1.28. The fourth-order valence-electron chi connectivity index (χ4n) is 6.46. The van der Waals surface area contributed by atoms with Gasteiger partial charge in [-0.25, -0.2) is 9.18 Å². The van der Waals surface area contributed by atoms with Crippen LogP contribution in [-0.2, 0) is 32.1 Å². The molecule has 0 amide bonds. The molecule has 2 aromatic rings. The van der Waals surface area contributed by atoms with Crippen molar-refractivity contribution in [3.8, 4) is 17.2 Å². The Bertz CT molecular complexity index is 1340. The van der Waals surface area contributed by atoms with Crippen LogP contribution in [-0.4, -0.2) is 23.3 Å². The topological polar surface area (TPSA) is 93.5 Å². The lowest BCUT2D eigenvalue weighted by atomic mass is 9.74. The summed E-state index contributed by atoms with van der Waals surface area (Å²) >= 11 is 0. The number of halogens is 1. The van der Waals surface area contributed by atoms with E-state index < -0.39 is 29.2 Å². The van der Waals surface area contributed by atoms with E-state index in [0.717, 1.165) is 24.8 Å². The van der Waals surface area contributed by atoms with Gasteiger partial charge in [0, 0.05) is 17.9 Å². The van der Waals surface area contributed by atoms with Gasteiger partial charge >= 0.3 is 11.9 Å². The molecule has 0 aromatic heterocycles. The largest absolute Gasteiger partial charge is 0.460 e. The summed E-state index contributed by atoms with van der Waals surface area (Å²) in [7, 11) is 0. The second kappa shape index (κ2) is 9.98. The fraction of sp³-hybridized carbons (Fsp3) is 0.484. The zero-order chi connectivity index (χ0) is 27.2. The van der Waals surface area contributed by atoms with Gasteiger partial charge in [-0.3, -0.25) is 9.59 Å². The maximum atomic E-state index is 15.1. The van der Waals surface area contributed by atoms with E-state index in [1.807, 2.05) is 26.8 Å². The molecule has 198 valence electrons. The summed E-state index contributed by atoms with van der Waals surface area (Å²) in [5, 5.41) is 9.82. The number of carbonyl (C=O) groups excluding carboxylic acids is 3. The summed E-state index contributed by atoms with van der Waals surface area (Å²) in [6, 6.07) is 12.3. The fourth-order valence-corrected chi connectivity index (χ4v) is 6.46. The van der Waals surface area contributed by atoms with Crippen molar-refractivity contribution in [3.63, 3.8) is 0 Å². The average molecular weight is 518 g/mol. The van der Waals surface area contributed by atoms with Crippen LogP contribution < -0.4 is 0 Å². The lowest BCUT2D eigenvalue weighted by molar-refractivity contribution is -0.165. The Kier molecular flexibility index (Phi) is 6.85. The monoisotopic (exact) mass is 517 g/mol. The number of cyclic esters (lactones) is 1. The Morgan fingerprint density at radius 1 is 1.11 bits per heavy atom. The van der Waals surface area contributed by atoms with Gasteiger partial charge < -0.3 is 9.47 Å². The summed E-state index contributed by atoms with van der Waals surface area (Å²) in [5.41, 5.74) is 2.33. The molecule has 1 aliphatic heterocycles. The molecule has 6 nitrogen and oxygen atoms in total. The molecular weight excluding hydrogens is 485 g/mol. The summed E-state index contributed by atoms with van der Waals surface area (Å²) in [5.74, 6) is -2.57. The molecule has 2 fully saturated rings. The molecule has 7 heteroatoms. The lowest BCUT2D eigenvalue weighted by Gasteiger charge is -2.31. The zero-order valence-corrected chi connectivity index (χ0v) is 22.0. The van der Waals surface area contributed by atoms with Crippen molar-refractivity contribution in [2.24, 2.45) is 29.6 Å². The first kappa shape index (κ1) is 26.1. The number of nitrogens with zero attached hydrogens (tertiary/aromatic N) is 1. The minimum Gasteiger partial charge on any atom is -0.460 e. The van der Waals surface area contributed by atoms with E-state index in [-0.39, 0.29) is 49.0 Å². The van der Waals surface area contributed by atoms with Crippen molar-refractivity contribution in [1.29, 1.82) is 5.26 Å². The van der Waals surface area contributed by atoms with Gasteiger partial charge in [0.1, 0.15) is 23.8 Å². The van der Waals surface area contributed by atoms with Crippen LogP contribution in [0.15, 0.2) is 36.4 Å². The second-order valence-electron chi connectivity index (χ2n) is 11.9. The number of esters is 2. The normalized spacial score (nSPS) is 24.4. The molecule has 3 aliphatic rings. The van der Waals surface area contributed by atoms with Crippen LogP contribution >= 0.6 is 0 Å². The van der Waals surface area contributed by atoms with Crippen LogP contribution in [0.5, 0.6) is 0 Å². The highest BCUT2D eigenvalue weighted by molar-refractivity contribution is 5.95. The molecule has 2 aromatic carbocycles. The first-order valence-corrected chi connectivity index (χ1v) is 13.3. The van der Waals surface area contributed by atoms with E-state index in [2.05, 4.69) is 6.07 Å². The summed E-state index contributed by atoms with van der Waals surface area (Å²) < 4.78 is 25.8. The van der Waals surface area contributed by atoms with Crippen LogP contribution in [0.25, 0.3) is 11.1 Å². The molecule has 5 rings (SSSR count). The molecule has 2 saturated carbocycles. The highest BCUT2D eigenvalue weighted by atomic mass is 19.1. The quantitative estimate of drug-likeness (QED) is 0.431. The van der Waals surface area contributed by atoms with E-state index in [4.69, 9.17) is 9.47 Å². The van der Waals surface area contributed by atoms with Gasteiger partial charge in [-0.2, -0.15) is 5.26 Å². The molecule has 38 heavy (non-hydrogen) atoms. The van der Waals surface area contributed by atoms with E-state index in [1.54, 1.807) is 24.3 Å². The number of ether oxygens (including phenoxy) is 2. The molecule has 0 N–H and O–H groups in total. The molecule has 2 aliphatic carbocycles. The number of benzene rings is 2. The van der Waals surface area contributed by atoms with Crippen molar-refractivity contribution in [3.05, 3.63) is 58.9 Å². The third-order valence-electron chi connectivity index (χ3n) is 8.14. The number of hydrogen-bond donors (Lipinski definition) is 0. The summed E-state index contributed by atoms with van der Waals surface area (Å²) in [6.45, 7) is 5.70. The number of rotatable bonds is 7. The van der Waals surface area contributed by atoms with Gasteiger partial charge in [0.2, 0.25) is 0 Å². The van der Waals surface area contributed by atoms with E-state index in [9.17, 15) is 19.6 Å². The van der Waals surface area contributed by atoms with Crippen LogP contribution in [0.3, 0.4) is 0 Å². The predicted octanol–water partition coefficient (Wildman–Crippen LogP) is 5.81. The third kappa shape index (κ3) is 5.09. The number of fused-ring (bicyclic) bond motifs is 3. The van der Waals surface area contributed by atoms with Crippen LogP contribution in [0, 0.1) is 46.7 Å². The molecule has 1 heterocycles. The molecule has 1 unspecified atom stereocenters. The van der Waals surface area contributed by atoms with Gasteiger partial charge in [0.25, 0.3) is 0 Å². The van der Waals surface area contributed by atoms with Crippen molar-refractivity contribution < 1.29 is 28.2 Å². The van der Waals surface area contributed by atoms with E-state index in [0.29, 0.717) is 22.3 Å². The Morgan fingerprint density at radius 3 is 2.47 bits per heavy atom. The molecule has 0 spiro atoms. The second-order valence-corrected chi connectivity index (χ2v) is 11.9. The van der Waals surface area contributed by atoms with Gasteiger partial charge in [-0.1, -0.05) is 24.3 Å². The summed E-state index contributed by atoms with van der Waals surface area (Å²) in [4.78, 5) is 38.3. The smallest absolute Gasteiger partial charge is 0.338 e. The van der Waals surface area contributed by atoms with Gasteiger partial charge in [0.15, 0.2) is 0 Å². The maximum Gasteiger partial charge on any atom is 0.338 e. The maximum absolute atomic E-state index is 15.1. The Labute approximate surface area is 222 Å². The van der Waals surface area contributed by atoms with Crippen molar-refractivity contribution in [2.75, 3.05) is 0 Å². The van der Waals surface area contributed by atoms with Gasteiger partial charge in [-0.15, -0.1) is 0 Å². The molecule has 2 bridgehead atoms. The van der Waals surface area contributed by atoms with Crippen molar-refractivity contribution in [1.82, 2.24) is 0 Å². The highest BCUT2D eigenvalue weighted by Crippen LogP contribution is 2.53. The van der Waals surface area contributed by atoms with Crippen LogP contribution in [0.2, 0.25) is 0 Å². The molecule has 0 radical (unpaired) electrons. The van der Waals surface area contributed by atoms with E-state index >= 15 is 4.39 Å². The number of nitriles is 1. The third-order valence-corrected chi connectivity index (χ3v) is 8.14. The van der Waals surface area contributed by atoms with Crippen molar-refractivity contribution >= 4 is 17.7 Å². The number of Topliss-reactive ketones (excluding diaryl/α,β-unsaturated/α-hetero) is 1. The standard InChI is InChI=1S/C31H32FNO5/c1-31(2,3)38-30(36)28-22-8-7-21(12-22)27(28)26(34)11-17(15-33)10-20-6-4-19(14-25(20)32)18-5-9-23-16-37-29(35)24(23)13-18/h4-6,9,13-14,17,21-22,27-28H,7-8,10-12,16H2,1-3H3/t17-,21+,22-,27+,28?/m1/s1. The SMILES string of the molecule is CC(C)(C)OC(=O)C1[C@@H]2CC[C@@H](C2)[C@H]1C(=O)C[C@H](C#N)Cc1ccc(-c2ccc3c(c2)C(=O)OC3)cc1F. The minimum absolute atomic E-state index is 0.0161. The minimum atomic E-state index is -0.698.